The molecule has 5 rings (SSSR count). The normalized spacial score (nSPS) is 14.5. The van der Waals surface area contributed by atoms with Crippen LogP contribution in [0.2, 0.25) is 0 Å². The molecule has 0 spiro atoms. The number of carboxylic acids is 2. The van der Waals surface area contributed by atoms with Gasteiger partial charge in [0.1, 0.15) is 5.69 Å². The summed E-state index contributed by atoms with van der Waals surface area (Å²) in [6.45, 7) is 0. The first-order valence-electron chi connectivity index (χ1n) is 9.10. The molecule has 0 atom stereocenters. The molecule has 2 aromatic heterocycles. The van der Waals surface area contributed by atoms with E-state index in [1.165, 1.54) is 11.3 Å². The maximum Gasteiger partial charge on any atom is 0.355 e. The summed E-state index contributed by atoms with van der Waals surface area (Å²) >= 11 is 1.48. The molecule has 0 fully saturated rings. The van der Waals surface area contributed by atoms with Crippen molar-refractivity contribution in [2.24, 2.45) is 4.99 Å². The third kappa shape index (κ3) is 2.67. The first kappa shape index (κ1) is 18.1. The van der Waals surface area contributed by atoms with Gasteiger partial charge < -0.3 is 15.2 Å². The summed E-state index contributed by atoms with van der Waals surface area (Å²) in [4.78, 5) is 32.1. The molecular weight excluding hydrogens is 400 g/mol. The molecule has 0 saturated carbocycles. The molecule has 6 nitrogen and oxygen atoms in total. The lowest BCUT2D eigenvalue weighted by Gasteiger charge is -2.09. The van der Waals surface area contributed by atoms with Crippen molar-refractivity contribution in [2.45, 2.75) is 0 Å². The minimum atomic E-state index is -1.11. The van der Waals surface area contributed by atoms with Crippen LogP contribution in [0.5, 0.6) is 0 Å². The second-order valence-electron chi connectivity index (χ2n) is 6.74. The minimum Gasteiger partial charge on any atom is -0.477 e. The van der Waals surface area contributed by atoms with Crippen molar-refractivity contribution in [3.63, 3.8) is 0 Å². The van der Waals surface area contributed by atoms with E-state index < -0.39 is 11.9 Å². The molecule has 0 amide bonds. The minimum absolute atomic E-state index is 0.0241. The fourth-order valence-electron chi connectivity index (χ4n) is 3.81. The van der Waals surface area contributed by atoms with Gasteiger partial charge in [-0.1, -0.05) is 54.6 Å². The number of fused-ring (bicyclic) bond motifs is 2. The number of benzene rings is 2. The van der Waals surface area contributed by atoms with E-state index in [1.807, 2.05) is 41.8 Å². The first-order valence-corrected chi connectivity index (χ1v) is 9.98. The van der Waals surface area contributed by atoms with Crippen LogP contribution in [-0.2, 0) is 4.79 Å². The quantitative estimate of drug-likeness (QED) is 0.449. The fourth-order valence-corrected chi connectivity index (χ4v) is 4.58. The number of aromatic carboxylic acids is 1. The molecule has 30 heavy (non-hydrogen) atoms. The monoisotopic (exact) mass is 414 g/mol. The highest BCUT2D eigenvalue weighted by molar-refractivity contribution is 7.11. The van der Waals surface area contributed by atoms with Crippen LogP contribution < -0.4 is 0 Å². The Morgan fingerprint density at radius 3 is 2.10 bits per heavy atom. The fraction of sp³-hybridized carbons (Fsp3) is 0. The van der Waals surface area contributed by atoms with Crippen LogP contribution in [0.3, 0.4) is 0 Å². The van der Waals surface area contributed by atoms with Gasteiger partial charge in [0.05, 0.1) is 11.4 Å². The van der Waals surface area contributed by atoms with Gasteiger partial charge in [0.25, 0.3) is 0 Å². The maximum absolute atomic E-state index is 11.8. The van der Waals surface area contributed by atoms with Crippen molar-refractivity contribution in [3.8, 4) is 0 Å². The molecule has 3 heterocycles. The zero-order valence-electron chi connectivity index (χ0n) is 15.4. The molecule has 2 aromatic carbocycles. The third-order valence-electron chi connectivity index (χ3n) is 5.05. The van der Waals surface area contributed by atoms with Gasteiger partial charge in [-0.2, -0.15) is 0 Å². The number of aromatic amines is 1. The summed E-state index contributed by atoms with van der Waals surface area (Å²) in [5, 5.41) is 22.6. The number of H-pyrrole nitrogens is 1. The molecule has 0 aliphatic carbocycles. The van der Waals surface area contributed by atoms with Crippen LogP contribution in [-0.4, -0.2) is 32.8 Å². The summed E-state index contributed by atoms with van der Waals surface area (Å²) in [6, 6.07) is 18.2. The van der Waals surface area contributed by atoms with Gasteiger partial charge in [-0.05, 0) is 11.4 Å². The van der Waals surface area contributed by atoms with E-state index in [-0.39, 0.29) is 11.4 Å². The second kappa shape index (κ2) is 6.82. The zero-order chi connectivity index (χ0) is 20.8. The maximum atomic E-state index is 11.8. The molecule has 7 heteroatoms. The summed E-state index contributed by atoms with van der Waals surface area (Å²) in [6.07, 6.45) is 0. The van der Waals surface area contributed by atoms with E-state index in [2.05, 4.69) is 9.98 Å². The Morgan fingerprint density at radius 1 is 0.800 bits per heavy atom. The number of carbonyl (C=O) groups is 2. The van der Waals surface area contributed by atoms with Crippen molar-refractivity contribution in [1.29, 1.82) is 0 Å². The Hall–Kier alpha value is -3.97. The van der Waals surface area contributed by atoms with E-state index in [0.717, 1.165) is 10.3 Å². The molecule has 146 valence electrons. The largest absolute Gasteiger partial charge is 0.477 e. The van der Waals surface area contributed by atoms with Crippen molar-refractivity contribution in [2.75, 3.05) is 0 Å². The molecule has 1 aliphatic heterocycles. The van der Waals surface area contributed by atoms with Gasteiger partial charge in [0.2, 0.25) is 0 Å². The summed E-state index contributed by atoms with van der Waals surface area (Å²) in [7, 11) is 0. The van der Waals surface area contributed by atoms with Gasteiger partial charge in [-0.15, -0.1) is 11.3 Å². The molecular formula is C23H14N2O4S. The SMILES string of the molecule is O=C(O)C1=N/C(=C(/c2cccs2)c2[nH]c(C(=O)O)c3ccccc23)c2ccccc21. The number of nitrogens with one attached hydrogen (secondary N) is 1. The topological polar surface area (TPSA) is 103 Å². The van der Waals surface area contributed by atoms with Crippen LogP contribution in [0.25, 0.3) is 22.0 Å². The van der Waals surface area contributed by atoms with E-state index in [9.17, 15) is 19.8 Å². The lowest BCUT2D eigenvalue weighted by molar-refractivity contribution is -0.129. The summed E-state index contributed by atoms with van der Waals surface area (Å²) < 4.78 is 0. The van der Waals surface area contributed by atoms with Gasteiger partial charge in [-0.25, -0.2) is 14.6 Å². The first-order chi connectivity index (χ1) is 14.6. The highest BCUT2D eigenvalue weighted by Gasteiger charge is 2.30. The average Bonchev–Trinajstić information content (AvgIpc) is 3.47. The Morgan fingerprint density at radius 2 is 1.47 bits per heavy atom. The standard InChI is InChI=1S/C23H14N2O4S/c26-22(27)20-14-8-3-1-6-12(14)18(24-20)17(16-10-5-11-30-16)19-13-7-2-4-9-15(13)21(25-19)23(28)29/h1-11,24H,(H,26,27)(H,28,29)/b19-17-. The molecule has 0 radical (unpaired) electrons. The van der Waals surface area contributed by atoms with Crippen LogP contribution in [0.4, 0.5) is 0 Å². The van der Waals surface area contributed by atoms with Crippen LogP contribution in [0, 0.1) is 0 Å². The molecule has 0 bridgehead atoms. The molecule has 0 saturated heterocycles. The smallest absolute Gasteiger partial charge is 0.355 e. The highest BCUT2D eigenvalue weighted by Crippen LogP contribution is 2.42. The zero-order valence-corrected chi connectivity index (χ0v) is 16.2. The number of aliphatic carboxylic acids is 1. The van der Waals surface area contributed by atoms with Crippen LogP contribution in [0.1, 0.15) is 32.2 Å². The van der Waals surface area contributed by atoms with Gasteiger partial charge >= 0.3 is 11.9 Å². The van der Waals surface area contributed by atoms with E-state index >= 15 is 0 Å². The van der Waals surface area contributed by atoms with Crippen LogP contribution >= 0.6 is 11.3 Å². The third-order valence-corrected chi connectivity index (χ3v) is 5.93. The Labute approximate surface area is 174 Å². The molecule has 1 aliphatic rings. The second-order valence-corrected chi connectivity index (χ2v) is 7.69. The van der Waals surface area contributed by atoms with E-state index in [0.29, 0.717) is 33.5 Å². The van der Waals surface area contributed by atoms with E-state index in [4.69, 9.17) is 0 Å². The lowest BCUT2D eigenvalue weighted by atomic mass is 9.98. The summed E-state index contributed by atoms with van der Waals surface area (Å²) in [5.41, 5.74) is 3.10. The molecule has 0 unspecified atom stereocenters. The predicted molar refractivity (Wildman–Crippen MR) is 116 cm³/mol. The number of hydrogen-bond acceptors (Lipinski definition) is 4. The Kier molecular flexibility index (Phi) is 4.11. The van der Waals surface area contributed by atoms with Crippen molar-refractivity contribution < 1.29 is 19.8 Å². The number of aliphatic imine (C=N–C) groups is 1. The van der Waals surface area contributed by atoms with Gasteiger partial charge in [0.15, 0.2) is 5.71 Å². The number of nitrogens with zero attached hydrogens (tertiary/aromatic N) is 1. The van der Waals surface area contributed by atoms with E-state index in [1.54, 1.807) is 24.3 Å². The van der Waals surface area contributed by atoms with Crippen molar-refractivity contribution in [1.82, 2.24) is 4.98 Å². The van der Waals surface area contributed by atoms with Gasteiger partial charge in [0, 0.05) is 32.3 Å². The number of thiophene rings is 1. The van der Waals surface area contributed by atoms with Crippen molar-refractivity contribution >= 4 is 51.0 Å². The lowest BCUT2D eigenvalue weighted by Crippen LogP contribution is -2.11. The number of carboxylic acid groups (broad SMARTS) is 2. The molecule has 4 aromatic rings. The predicted octanol–water partition coefficient (Wildman–Crippen LogP) is 4.73. The van der Waals surface area contributed by atoms with Crippen molar-refractivity contribution in [3.05, 3.63) is 93.4 Å². The number of rotatable bonds is 4. The number of aromatic nitrogens is 1. The average molecular weight is 414 g/mol. The van der Waals surface area contributed by atoms with Crippen LogP contribution in [0.15, 0.2) is 71.0 Å². The van der Waals surface area contributed by atoms with Gasteiger partial charge in [-0.3, -0.25) is 0 Å². The Bertz CT molecular complexity index is 1390. The number of hydrogen-bond donors (Lipinski definition) is 3. The Balaban J connectivity index is 1.92. The highest BCUT2D eigenvalue weighted by atomic mass is 32.1. The summed E-state index contributed by atoms with van der Waals surface area (Å²) in [5.74, 6) is -2.17. The molecule has 3 N–H and O–H groups in total.